The van der Waals surface area contributed by atoms with Crippen LogP contribution in [0.4, 0.5) is 4.39 Å². The summed E-state index contributed by atoms with van der Waals surface area (Å²) in [6.45, 7) is 0.761. The first-order valence-electron chi connectivity index (χ1n) is 5.13. The minimum atomic E-state index is -0.344. The lowest BCUT2D eigenvalue weighted by Gasteiger charge is -2.21. The summed E-state index contributed by atoms with van der Waals surface area (Å²) in [7, 11) is 0. The molecule has 1 unspecified atom stereocenters. The molecule has 0 radical (unpaired) electrons. The van der Waals surface area contributed by atoms with E-state index in [9.17, 15) is 9.18 Å². The predicted octanol–water partition coefficient (Wildman–Crippen LogP) is 1.29. The van der Waals surface area contributed by atoms with Crippen LogP contribution in [-0.2, 0) is 11.2 Å². The molecule has 1 aliphatic rings. The molecule has 1 aromatic rings. The van der Waals surface area contributed by atoms with E-state index in [0.717, 1.165) is 24.9 Å². The SMILES string of the molecule is O=C1NCCCC1Cc1cncc(F)c1. The van der Waals surface area contributed by atoms with Gasteiger partial charge in [0.1, 0.15) is 5.82 Å². The lowest BCUT2D eigenvalue weighted by atomic mass is 9.92. The fourth-order valence-electron chi connectivity index (χ4n) is 1.88. The molecule has 1 N–H and O–H groups in total. The molecule has 15 heavy (non-hydrogen) atoms. The third kappa shape index (κ3) is 2.52. The van der Waals surface area contributed by atoms with Crippen molar-refractivity contribution in [1.82, 2.24) is 10.3 Å². The maximum absolute atomic E-state index is 12.9. The third-order valence-electron chi connectivity index (χ3n) is 2.64. The average Bonchev–Trinajstić information content (AvgIpc) is 2.22. The molecule has 0 saturated carbocycles. The Balaban J connectivity index is 2.04. The first-order chi connectivity index (χ1) is 7.25. The summed E-state index contributed by atoms with van der Waals surface area (Å²) in [5.74, 6) is -0.295. The number of piperidine rings is 1. The van der Waals surface area contributed by atoms with Crippen LogP contribution >= 0.6 is 0 Å². The maximum atomic E-state index is 12.9. The zero-order chi connectivity index (χ0) is 10.7. The van der Waals surface area contributed by atoms with E-state index in [2.05, 4.69) is 10.3 Å². The molecule has 3 nitrogen and oxygen atoms in total. The molecule has 0 bridgehead atoms. The maximum Gasteiger partial charge on any atom is 0.223 e. The predicted molar refractivity (Wildman–Crippen MR) is 53.6 cm³/mol. The summed E-state index contributed by atoms with van der Waals surface area (Å²) in [5.41, 5.74) is 0.789. The van der Waals surface area contributed by atoms with E-state index in [1.807, 2.05) is 0 Å². The molecule has 1 amide bonds. The first-order valence-corrected chi connectivity index (χ1v) is 5.13. The smallest absolute Gasteiger partial charge is 0.223 e. The standard InChI is InChI=1S/C11H13FN2O/c12-10-5-8(6-13-7-10)4-9-2-1-3-14-11(9)15/h5-7,9H,1-4H2,(H,14,15). The van der Waals surface area contributed by atoms with E-state index in [1.165, 1.54) is 12.3 Å². The van der Waals surface area contributed by atoms with Gasteiger partial charge in [0.25, 0.3) is 0 Å². The Morgan fingerprint density at radius 2 is 2.40 bits per heavy atom. The Morgan fingerprint density at radius 3 is 3.13 bits per heavy atom. The number of amides is 1. The number of hydrogen-bond acceptors (Lipinski definition) is 2. The second-order valence-electron chi connectivity index (χ2n) is 3.85. The summed E-state index contributed by atoms with van der Waals surface area (Å²) >= 11 is 0. The van der Waals surface area contributed by atoms with Crippen LogP contribution in [0.2, 0.25) is 0 Å². The van der Waals surface area contributed by atoms with Crippen molar-refractivity contribution in [1.29, 1.82) is 0 Å². The number of nitrogens with one attached hydrogen (secondary N) is 1. The molecule has 1 fully saturated rings. The van der Waals surface area contributed by atoms with Crippen LogP contribution in [0.5, 0.6) is 0 Å². The van der Waals surface area contributed by atoms with E-state index in [4.69, 9.17) is 0 Å². The minimum Gasteiger partial charge on any atom is -0.356 e. The molecule has 80 valence electrons. The number of nitrogens with zero attached hydrogens (tertiary/aromatic N) is 1. The normalized spacial score (nSPS) is 21.1. The molecule has 0 spiro atoms. The lowest BCUT2D eigenvalue weighted by Crippen LogP contribution is -2.37. The van der Waals surface area contributed by atoms with Gasteiger partial charge in [-0.25, -0.2) is 4.39 Å². The molecular weight excluding hydrogens is 195 g/mol. The molecular formula is C11H13FN2O. The van der Waals surface area contributed by atoms with Gasteiger partial charge in [-0.1, -0.05) is 0 Å². The monoisotopic (exact) mass is 208 g/mol. The fourth-order valence-corrected chi connectivity index (χ4v) is 1.88. The lowest BCUT2D eigenvalue weighted by molar-refractivity contribution is -0.126. The highest BCUT2D eigenvalue weighted by Crippen LogP contribution is 2.17. The number of rotatable bonds is 2. The van der Waals surface area contributed by atoms with Crippen LogP contribution in [0.3, 0.4) is 0 Å². The topological polar surface area (TPSA) is 42.0 Å². The number of hydrogen-bond donors (Lipinski definition) is 1. The van der Waals surface area contributed by atoms with Crippen molar-refractivity contribution in [2.24, 2.45) is 5.92 Å². The van der Waals surface area contributed by atoms with Crippen LogP contribution in [-0.4, -0.2) is 17.4 Å². The molecule has 1 atom stereocenters. The summed E-state index contributed by atoms with van der Waals surface area (Å²) in [4.78, 5) is 15.2. The molecule has 1 saturated heterocycles. The van der Waals surface area contributed by atoms with Crippen LogP contribution in [0, 0.1) is 11.7 Å². The highest BCUT2D eigenvalue weighted by Gasteiger charge is 2.22. The molecule has 0 aromatic carbocycles. The van der Waals surface area contributed by atoms with Crippen LogP contribution in [0.15, 0.2) is 18.5 Å². The van der Waals surface area contributed by atoms with Gasteiger partial charge in [0, 0.05) is 18.7 Å². The Bertz CT molecular complexity index is 367. The van der Waals surface area contributed by atoms with Crippen molar-refractivity contribution in [2.45, 2.75) is 19.3 Å². The van der Waals surface area contributed by atoms with Gasteiger partial charge >= 0.3 is 0 Å². The molecule has 0 aliphatic carbocycles. The van der Waals surface area contributed by atoms with Crippen molar-refractivity contribution in [3.63, 3.8) is 0 Å². The highest BCUT2D eigenvalue weighted by atomic mass is 19.1. The van der Waals surface area contributed by atoms with Gasteiger partial charge in [-0.3, -0.25) is 9.78 Å². The van der Waals surface area contributed by atoms with Crippen molar-refractivity contribution < 1.29 is 9.18 Å². The molecule has 1 aliphatic heterocycles. The largest absolute Gasteiger partial charge is 0.356 e. The molecule has 1 aromatic heterocycles. The fraction of sp³-hybridized carbons (Fsp3) is 0.455. The number of carbonyl (C=O) groups is 1. The number of pyridine rings is 1. The van der Waals surface area contributed by atoms with Crippen LogP contribution < -0.4 is 5.32 Å². The van der Waals surface area contributed by atoms with Gasteiger partial charge in [-0.05, 0) is 30.9 Å². The Morgan fingerprint density at radius 1 is 1.53 bits per heavy atom. The second-order valence-corrected chi connectivity index (χ2v) is 3.85. The number of aromatic nitrogens is 1. The second kappa shape index (κ2) is 4.38. The van der Waals surface area contributed by atoms with Crippen molar-refractivity contribution in [3.8, 4) is 0 Å². The zero-order valence-electron chi connectivity index (χ0n) is 8.37. The van der Waals surface area contributed by atoms with Crippen LogP contribution in [0.25, 0.3) is 0 Å². The van der Waals surface area contributed by atoms with Crippen molar-refractivity contribution >= 4 is 5.91 Å². The van der Waals surface area contributed by atoms with Gasteiger partial charge in [-0.2, -0.15) is 0 Å². The molecule has 2 heterocycles. The van der Waals surface area contributed by atoms with E-state index in [-0.39, 0.29) is 17.6 Å². The summed E-state index contributed by atoms with van der Waals surface area (Å²) in [5, 5.41) is 2.81. The van der Waals surface area contributed by atoms with E-state index < -0.39 is 0 Å². The van der Waals surface area contributed by atoms with Gasteiger partial charge in [-0.15, -0.1) is 0 Å². The molecule has 4 heteroatoms. The summed E-state index contributed by atoms with van der Waals surface area (Å²) in [6.07, 6.45) is 5.24. The minimum absolute atomic E-state index is 0.0256. The van der Waals surface area contributed by atoms with Crippen molar-refractivity contribution in [3.05, 3.63) is 29.8 Å². The first kappa shape index (κ1) is 10.1. The van der Waals surface area contributed by atoms with E-state index in [0.29, 0.717) is 6.42 Å². The number of halogens is 1. The third-order valence-corrected chi connectivity index (χ3v) is 2.64. The van der Waals surface area contributed by atoms with Gasteiger partial charge < -0.3 is 5.32 Å². The average molecular weight is 208 g/mol. The summed E-state index contributed by atoms with van der Waals surface area (Å²) < 4.78 is 12.9. The van der Waals surface area contributed by atoms with Crippen molar-refractivity contribution in [2.75, 3.05) is 6.54 Å². The number of carbonyl (C=O) groups excluding carboxylic acids is 1. The van der Waals surface area contributed by atoms with Crippen LogP contribution in [0.1, 0.15) is 18.4 Å². The van der Waals surface area contributed by atoms with E-state index in [1.54, 1.807) is 6.20 Å². The quantitative estimate of drug-likeness (QED) is 0.795. The van der Waals surface area contributed by atoms with Gasteiger partial charge in [0.2, 0.25) is 5.91 Å². The Kier molecular flexibility index (Phi) is 2.94. The Hall–Kier alpha value is -1.45. The van der Waals surface area contributed by atoms with Gasteiger partial charge in [0.15, 0.2) is 0 Å². The molecule has 2 rings (SSSR count). The highest BCUT2D eigenvalue weighted by molar-refractivity contribution is 5.79. The van der Waals surface area contributed by atoms with E-state index >= 15 is 0 Å². The zero-order valence-corrected chi connectivity index (χ0v) is 8.37. The summed E-state index contributed by atoms with van der Waals surface area (Å²) in [6, 6.07) is 1.44. The Labute approximate surface area is 87.7 Å². The van der Waals surface area contributed by atoms with Gasteiger partial charge in [0.05, 0.1) is 6.20 Å².